The quantitative estimate of drug-likeness (QED) is 0.731. The summed E-state index contributed by atoms with van der Waals surface area (Å²) < 4.78 is 1.64. The molecule has 1 unspecified atom stereocenters. The van der Waals surface area contributed by atoms with Crippen LogP contribution in [0.15, 0.2) is 18.5 Å². The second-order valence-corrected chi connectivity index (χ2v) is 7.28. The van der Waals surface area contributed by atoms with Crippen molar-refractivity contribution in [2.24, 2.45) is 17.1 Å². The zero-order valence-corrected chi connectivity index (χ0v) is 14.5. The second-order valence-electron chi connectivity index (χ2n) is 7.28. The van der Waals surface area contributed by atoms with E-state index in [9.17, 15) is 14.7 Å². The monoisotopic (exact) mass is 349 g/mol. The van der Waals surface area contributed by atoms with Crippen molar-refractivity contribution in [1.82, 2.24) is 19.6 Å². The van der Waals surface area contributed by atoms with Gasteiger partial charge in [0.15, 0.2) is 0 Å². The lowest BCUT2D eigenvalue weighted by molar-refractivity contribution is -0.137. The first-order valence-electron chi connectivity index (χ1n) is 8.89. The van der Waals surface area contributed by atoms with Crippen LogP contribution < -0.4 is 5.73 Å². The van der Waals surface area contributed by atoms with Crippen molar-refractivity contribution in [2.75, 3.05) is 39.3 Å². The van der Waals surface area contributed by atoms with E-state index < -0.39 is 0 Å². The smallest absolute Gasteiger partial charge is 0.244 e. The fraction of sp³-hybridized carbons (Fsp3) is 0.706. The van der Waals surface area contributed by atoms with Gasteiger partial charge in [0.05, 0.1) is 6.54 Å². The molecule has 2 fully saturated rings. The van der Waals surface area contributed by atoms with Gasteiger partial charge in [0.2, 0.25) is 11.8 Å². The number of nitrogens with zero attached hydrogens (tertiary/aromatic N) is 4. The Bertz CT molecular complexity index is 595. The summed E-state index contributed by atoms with van der Waals surface area (Å²) in [5.74, 6) is -0.110. The standard InChI is InChI=1S/C17H27N5O3/c18-15(24)11-20-7-2-17(14(10-20)13-23)3-8-21(9-4-17)16(25)12-22-6-1-5-19-22/h1,5-6,14,23H,2-4,7-13H2,(H2,18,24). The molecule has 3 rings (SSSR count). The minimum absolute atomic E-state index is 0.0609. The molecule has 0 radical (unpaired) electrons. The van der Waals surface area contributed by atoms with Crippen molar-refractivity contribution >= 4 is 11.8 Å². The van der Waals surface area contributed by atoms with Crippen molar-refractivity contribution in [3.05, 3.63) is 18.5 Å². The topological polar surface area (TPSA) is 105 Å². The minimum Gasteiger partial charge on any atom is -0.396 e. The van der Waals surface area contributed by atoms with E-state index in [2.05, 4.69) is 5.10 Å². The molecule has 2 aliphatic heterocycles. The van der Waals surface area contributed by atoms with E-state index in [1.54, 1.807) is 17.1 Å². The number of hydrogen-bond acceptors (Lipinski definition) is 5. The van der Waals surface area contributed by atoms with Gasteiger partial charge in [0.1, 0.15) is 6.54 Å². The van der Waals surface area contributed by atoms with Crippen LogP contribution in [-0.4, -0.2) is 75.8 Å². The molecule has 0 saturated carbocycles. The van der Waals surface area contributed by atoms with Gasteiger partial charge in [-0.25, -0.2) is 0 Å². The second kappa shape index (κ2) is 7.53. The SMILES string of the molecule is NC(=O)CN1CCC2(CCN(C(=O)Cn3cccn3)CC2)C(CO)C1. The van der Waals surface area contributed by atoms with E-state index >= 15 is 0 Å². The number of aliphatic hydroxyl groups is 1. The average molecular weight is 349 g/mol. The van der Waals surface area contributed by atoms with Crippen molar-refractivity contribution in [1.29, 1.82) is 0 Å². The highest BCUT2D eigenvalue weighted by atomic mass is 16.3. The molecule has 138 valence electrons. The molecule has 1 atom stereocenters. The molecule has 2 aliphatic rings. The van der Waals surface area contributed by atoms with E-state index in [1.807, 2.05) is 15.9 Å². The lowest BCUT2D eigenvalue weighted by Gasteiger charge is -2.51. The highest BCUT2D eigenvalue weighted by molar-refractivity contribution is 5.76. The van der Waals surface area contributed by atoms with Crippen LogP contribution in [0.25, 0.3) is 0 Å². The van der Waals surface area contributed by atoms with Gasteiger partial charge >= 0.3 is 0 Å². The summed E-state index contributed by atoms with van der Waals surface area (Å²) in [7, 11) is 0. The Kier molecular flexibility index (Phi) is 5.39. The number of amides is 2. The summed E-state index contributed by atoms with van der Waals surface area (Å²) in [6.07, 6.45) is 6.19. The van der Waals surface area contributed by atoms with E-state index in [-0.39, 0.29) is 42.8 Å². The Labute approximate surface area is 147 Å². The number of hydrogen-bond donors (Lipinski definition) is 2. The number of likely N-dealkylation sites (tertiary alicyclic amines) is 2. The zero-order valence-electron chi connectivity index (χ0n) is 14.5. The molecule has 1 aromatic rings. The van der Waals surface area contributed by atoms with E-state index in [0.29, 0.717) is 19.6 Å². The number of aliphatic hydroxyl groups excluding tert-OH is 1. The van der Waals surface area contributed by atoms with E-state index in [1.165, 1.54) is 0 Å². The maximum atomic E-state index is 12.4. The van der Waals surface area contributed by atoms with E-state index in [0.717, 1.165) is 25.8 Å². The number of rotatable bonds is 5. The maximum Gasteiger partial charge on any atom is 0.244 e. The lowest BCUT2D eigenvalue weighted by Crippen LogP contribution is -2.55. The van der Waals surface area contributed by atoms with Crippen LogP contribution in [0.3, 0.4) is 0 Å². The minimum atomic E-state index is -0.327. The number of carbonyl (C=O) groups is 2. The largest absolute Gasteiger partial charge is 0.396 e. The Morgan fingerprint density at radius 3 is 2.52 bits per heavy atom. The molecular weight excluding hydrogens is 322 g/mol. The van der Waals surface area contributed by atoms with Gasteiger partial charge in [-0.3, -0.25) is 19.2 Å². The Morgan fingerprint density at radius 2 is 1.92 bits per heavy atom. The van der Waals surface area contributed by atoms with Gasteiger partial charge in [-0.05, 0) is 37.3 Å². The summed E-state index contributed by atoms with van der Waals surface area (Å²) in [4.78, 5) is 27.5. The van der Waals surface area contributed by atoms with Crippen molar-refractivity contribution in [2.45, 2.75) is 25.8 Å². The average Bonchev–Trinajstić information content (AvgIpc) is 3.10. The first-order valence-corrected chi connectivity index (χ1v) is 8.89. The number of aromatic nitrogens is 2. The highest BCUT2D eigenvalue weighted by Gasteiger charge is 2.45. The number of piperidine rings is 2. The van der Waals surface area contributed by atoms with Gasteiger partial charge in [0, 0.05) is 44.6 Å². The molecule has 2 saturated heterocycles. The van der Waals surface area contributed by atoms with Crippen LogP contribution in [0, 0.1) is 11.3 Å². The third kappa shape index (κ3) is 4.01. The van der Waals surface area contributed by atoms with Crippen LogP contribution in [0.2, 0.25) is 0 Å². The van der Waals surface area contributed by atoms with Gasteiger partial charge in [-0.15, -0.1) is 0 Å². The predicted molar refractivity (Wildman–Crippen MR) is 91.3 cm³/mol. The molecule has 25 heavy (non-hydrogen) atoms. The van der Waals surface area contributed by atoms with E-state index in [4.69, 9.17) is 5.73 Å². The van der Waals surface area contributed by atoms with Crippen LogP contribution in [0.5, 0.6) is 0 Å². The summed E-state index contributed by atoms with van der Waals surface area (Å²) in [6.45, 7) is 3.58. The third-order valence-electron chi connectivity index (χ3n) is 5.84. The molecule has 3 heterocycles. The third-order valence-corrected chi connectivity index (χ3v) is 5.84. The number of nitrogens with two attached hydrogens (primary N) is 1. The molecule has 0 aliphatic carbocycles. The highest BCUT2D eigenvalue weighted by Crippen LogP contribution is 2.45. The number of primary amides is 1. The van der Waals surface area contributed by atoms with Crippen LogP contribution >= 0.6 is 0 Å². The van der Waals surface area contributed by atoms with Gasteiger partial charge in [-0.2, -0.15) is 5.10 Å². The molecule has 1 aromatic heterocycles. The van der Waals surface area contributed by atoms with Crippen molar-refractivity contribution < 1.29 is 14.7 Å². The Balaban J connectivity index is 1.56. The summed E-state index contributed by atoms with van der Waals surface area (Å²) in [5.41, 5.74) is 5.35. The summed E-state index contributed by atoms with van der Waals surface area (Å²) in [6, 6.07) is 1.81. The molecule has 8 heteroatoms. The normalized spacial score (nSPS) is 23.7. The van der Waals surface area contributed by atoms with Crippen molar-refractivity contribution in [3.8, 4) is 0 Å². The fourth-order valence-electron chi connectivity index (χ4n) is 4.29. The maximum absolute atomic E-state index is 12.4. The Hall–Kier alpha value is -1.93. The van der Waals surface area contributed by atoms with Crippen LogP contribution in [0.4, 0.5) is 0 Å². The molecule has 0 bridgehead atoms. The zero-order chi connectivity index (χ0) is 17.9. The number of carbonyl (C=O) groups excluding carboxylic acids is 2. The van der Waals surface area contributed by atoms with Crippen molar-refractivity contribution in [3.63, 3.8) is 0 Å². The van der Waals surface area contributed by atoms with Gasteiger partial charge in [0.25, 0.3) is 0 Å². The molecule has 1 spiro atoms. The van der Waals surface area contributed by atoms with Gasteiger partial charge in [-0.1, -0.05) is 0 Å². The molecule has 3 N–H and O–H groups in total. The molecular formula is C17H27N5O3. The molecule has 8 nitrogen and oxygen atoms in total. The fourth-order valence-corrected chi connectivity index (χ4v) is 4.29. The Morgan fingerprint density at radius 1 is 1.20 bits per heavy atom. The lowest BCUT2D eigenvalue weighted by atomic mass is 9.64. The first kappa shape index (κ1) is 17.9. The summed E-state index contributed by atoms with van der Waals surface area (Å²) >= 11 is 0. The van der Waals surface area contributed by atoms with Crippen LogP contribution in [0.1, 0.15) is 19.3 Å². The predicted octanol–water partition coefficient (Wildman–Crippen LogP) is -0.709. The van der Waals surface area contributed by atoms with Crippen LogP contribution in [-0.2, 0) is 16.1 Å². The first-order chi connectivity index (χ1) is 12.0. The molecule has 2 amide bonds. The van der Waals surface area contributed by atoms with Gasteiger partial charge < -0.3 is 15.7 Å². The summed E-state index contributed by atoms with van der Waals surface area (Å²) in [5, 5.41) is 14.0. The molecule has 0 aromatic carbocycles.